The van der Waals surface area contributed by atoms with Crippen molar-refractivity contribution in [2.24, 2.45) is 0 Å². The van der Waals surface area contributed by atoms with E-state index < -0.39 is 0 Å². The third-order valence-electron chi connectivity index (χ3n) is 1.76. The zero-order chi connectivity index (χ0) is 10.2. The highest BCUT2D eigenvalue weighted by Gasteiger charge is 1.93. The number of hydrogen-bond acceptors (Lipinski definition) is 4. The fraction of sp³-hybridized carbons (Fsp3) is 0.556. The summed E-state index contributed by atoms with van der Waals surface area (Å²) in [6, 6.07) is 1.44. The van der Waals surface area contributed by atoms with Gasteiger partial charge in [-0.3, -0.25) is 4.79 Å². The molecule has 0 amide bonds. The number of H-pyrrole nitrogens is 1. The van der Waals surface area contributed by atoms with Gasteiger partial charge in [-0.2, -0.15) is 0 Å². The second-order valence-electron chi connectivity index (χ2n) is 2.92. The molecule has 1 rings (SSSR count). The van der Waals surface area contributed by atoms with E-state index in [9.17, 15) is 4.79 Å². The van der Waals surface area contributed by atoms with Crippen LogP contribution in [-0.2, 0) is 4.74 Å². The van der Waals surface area contributed by atoms with Crippen molar-refractivity contribution in [2.45, 2.75) is 12.8 Å². The molecule has 0 radical (unpaired) electrons. The lowest BCUT2D eigenvalue weighted by atomic mass is 10.3. The minimum absolute atomic E-state index is 0.139. The SMILES string of the molecule is COCCCCNc1cc(=O)[nH]cn1. The molecule has 1 aromatic rings. The van der Waals surface area contributed by atoms with Crippen molar-refractivity contribution < 1.29 is 4.74 Å². The van der Waals surface area contributed by atoms with Crippen LogP contribution >= 0.6 is 0 Å². The molecule has 2 N–H and O–H groups in total. The molecule has 1 heterocycles. The van der Waals surface area contributed by atoms with Gasteiger partial charge in [-0.1, -0.05) is 0 Å². The molecule has 0 spiro atoms. The van der Waals surface area contributed by atoms with E-state index in [1.54, 1.807) is 7.11 Å². The first-order chi connectivity index (χ1) is 6.83. The number of rotatable bonds is 6. The molecule has 0 unspecified atom stereocenters. The van der Waals surface area contributed by atoms with Crippen LogP contribution in [0.4, 0.5) is 5.82 Å². The fourth-order valence-corrected chi connectivity index (χ4v) is 1.05. The smallest absolute Gasteiger partial charge is 0.252 e. The van der Waals surface area contributed by atoms with Crippen LogP contribution in [0.2, 0.25) is 0 Å². The van der Waals surface area contributed by atoms with Gasteiger partial charge in [0.25, 0.3) is 5.56 Å². The van der Waals surface area contributed by atoms with Gasteiger partial charge in [-0.25, -0.2) is 4.98 Å². The lowest BCUT2D eigenvalue weighted by Crippen LogP contribution is -2.10. The Labute approximate surface area is 82.5 Å². The first kappa shape index (κ1) is 10.7. The molecule has 0 bridgehead atoms. The van der Waals surface area contributed by atoms with Crippen LogP contribution in [0, 0.1) is 0 Å². The molecule has 0 aliphatic carbocycles. The Kier molecular flexibility index (Phi) is 4.71. The number of nitrogens with one attached hydrogen (secondary N) is 2. The van der Waals surface area contributed by atoms with Gasteiger partial charge in [0.2, 0.25) is 0 Å². The Morgan fingerprint density at radius 1 is 1.57 bits per heavy atom. The van der Waals surface area contributed by atoms with Gasteiger partial charge < -0.3 is 15.0 Å². The van der Waals surface area contributed by atoms with Gasteiger partial charge in [-0.05, 0) is 12.8 Å². The predicted octanol–water partition coefficient (Wildman–Crippen LogP) is 0.608. The van der Waals surface area contributed by atoms with Crippen molar-refractivity contribution in [3.8, 4) is 0 Å². The maximum atomic E-state index is 10.9. The molecule has 0 fully saturated rings. The van der Waals surface area contributed by atoms with Crippen LogP contribution < -0.4 is 10.9 Å². The van der Waals surface area contributed by atoms with Crippen LogP contribution in [0.3, 0.4) is 0 Å². The van der Waals surface area contributed by atoms with Crippen molar-refractivity contribution in [2.75, 3.05) is 25.6 Å². The van der Waals surface area contributed by atoms with E-state index in [0.29, 0.717) is 5.82 Å². The molecule has 1 aromatic heterocycles. The van der Waals surface area contributed by atoms with Crippen LogP contribution in [0.5, 0.6) is 0 Å². The van der Waals surface area contributed by atoms with Crippen LogP contribution in [0.15, 0.2) is 17.2 Å². The first-order valence-corrected chi connectivity index (χ1v) is 4.60. The van der Waals surface area contributed by atoms with E-state index >= 15 is 0 Å². The number of ether oxygens (including phenoxy) is 1. The van der Waals surface area contributed by atoms with Crippen LogP contribution in [-0.4, -0.2) is 30.2 Å². The molecule has 0 aliphatic heterocycles. The summed E-state index contributed by atoms with van der Waals surface area (Å²) in [7, 11) is 1.69. The largest absolute Gasteiger partial charge is 0.385 e. The van der Waals surface area contributed by atoms with Crippen molar-refractivity contribution in [1.29, 1.82) is 0 Å². The lowest BCUT2D eigenvalue weighted by molar-refractivity contribution is 0.194. The highest BCUT2D eigenvalue weighted by molar-refractivity contribution is 5.31. The van der Waals surface area contributed by atoms with Crippen LogP contribution in [0.25, 0.3) is 0 Å². The molecule has 14 heavy (non-hydrogen) atoms. The van der Waals surface area contributed by atoms with E-state index in [4.69, 9.17) is 4.74 Å². The van der Waals surface area contributed by atoms with Gasteiger partial charge in [0.15, 0.2) is 0 Å². The maximum absolute atomic E-state index is 10.9. The highest BCUT2D eigenvalue weighted by atomic mass is 16.5. The minimum Gasteiger partial charge on any atom is -0.385 e. The van der Waals surface area contributed by atoms with Gasteiger partial charge in [0, 0.05) is 26.3 Å². The van der Waals surface area contributed by atoms with Crippen molar-refractivity contribution in [3.05, 3.63) is 22.7 Å². The standard InChI is InChI=1S/C9H15N3O2/c1-14-5-3-2-4-10-8-6-9(13)12-7-11-8/h6-7H,2-5H2,1H3,(H2,10,11,12,13). The number of unbranched alkanes of at least 4 members (excludes halogenated alkanes) is 1. The second-order valence-corrected chi connectivity index (χ2v) is 2.92. The predicted molar refractivity (Wildman–Crippen MR) is 54.5 cm³/mol. The third kappa shape index (κ3) is 4.04. The quantitative estimate of drug-likeness (QED) is 0.656. The van der Waals surface area contributed by atoms with Crippen molar-refractivity contribution in [3.63, 3.8) is 0 Å². The zero-order valence-corrected chi connectivity index (χ0v) is 8.25. The van der Waals surface area contributed by atoms with Crippen molar-refractivity contribution >= 4 is 5.82 Å². The van der Waals surface area contributed by atoms with E-state index in [-0.39, 0.29) is 5.56 Å². The zero-order valence-electron chi connectivity index (χ0n) is 8.25. The van der Waals surface area contributed by atoms with Crippen molar-refractivity contribution in [1.82, 2.24) is 9.97 Å². The van der Waals surface area contributed by atoms with Gasteiger partial charge in [0.1, 0.15) is 5.82 Å². The highest BCUT2D eigenvalue weighted by Crippen LogP contribution is 1.96. The average molecular weight is 197 g/mol. The number of anilines is 1. The van der Waals surface area contributed by atoms with E-state index in [0.717, 1.165) is 26.0 Å². The van der Waals surface area contributed by atoms with Gasteiger partial charge in [-0.15, -0.1) is 0 Å². The average Bonchev–Trinajstić information content (AvgIpc) is 2.18. The maximum Gasteiger partial charge on any atom is 0.252 e. The molecule has 0 atom stereocenters. The first-order valence-electron chi connectivity index (χ1n) is 4.60. The molecule has 5 heteroatoms. The Hall–Kier alpha value is -1.36. The Bertz CT molecular complexity index is 311. The van der Waals surface area contributed by atoms with Gasteiger partial charge >= 0.3 is 0 Å². The Morgan fingerprint density at radius 3 is 3.14 bits per heavy atom. The normalized spacial score (nSPS) is 10.1. The number of aromatic amines is 1. The number of nitrogens with zero attached hydrogens (tertiary/aromatic N) is 1. The molecule has 0 aliphatic rings. The topological polar surface area (TPSA) is 67.0 Å². The second kappa shape index (κ2) is 6.15. The number of aromatic nitrogens is 2. The summed E-state index contributed by atoms with van der Waals surface area (Å²) in [5.41, 5.74) is -0.139. The summed E-state index contributed by atoms with van der Waals surface area (Å²) in [5.74, 6) is 0.617. The fourth-order valence-electron chi connectivity index (χ4n) is 1.05. The van der Waals surface area contributed by atoms with Crippen LogP contribution in [0.1, 0.15) is 12.8 Å². The molecule has 78 valence electrons. The van der Waals surface area contributed by atoms with E-state index in [1.165, 1.54) is 12.4 Å². The summed E-state index contributed by atoms with van der Waals surface area (Å²) < 4.78 is 4.91. The summed E-state index contributed by atoms with van der Waals surface area (Å²) >= 11 is 0. The summed E-state index contributed by atoms with van der Waals surface area (Å²) in [6.45, 7) is 1.57. The molecule has 0 saturated heterocycles. The summed E-state index contributed by atoms with van der Waals surface area (Å²) in [6.07, 6.45) is 3.40. The number of methoxy groups -OCH3 is 1. The monoisotopic (exact) mass is 197 g/mol. The molecule has 0 aromatic carbocycles. The summed E-state index contributed by atoms with van der Waals surface area (Å²) in [4.78, 5) is 17.3. The Morgan fingerprint density at radius 2 is 2.43 bits per heavy atom. The Balaban J connectivity index is 2.21. The van der Waals surface area contributed by atoms with Gasteiger partial charge in [0.05, 0.1) is 6.33 Å². The summed E-state index contributed by atoms with van der Waals surface area (Å²) in [5, 5.41) is 3.06. The molecular weight excluding hydrogens is 182 g/mol. The molecule has 0 saturated carbocycles. The van der Waals surface area contributed by atoms with E-state index in [1.807, 2.05) is 0 Å². The lowest BCUT2D eigenvalue weighted by Gasteiger charge is -2.03. The molecular formula is C9H15N3O2. The van der Waals surface area contributed by atoms with E-state index in [2.05, 4.69) is 15.3 Å². The number of hydrogen-bond donors (Lipinski definition) is 2. The molecule has 5 nitrogen and oxygen atoms in total. The third-order valence-corrected chi connectivity index (χ3v) is 1.76. The minimum atomic E-state index is -0.139.